The van der Waals surface area contributed by atoms with Gasteiger partial charge in [0, 0.05) is 55.3 Å². The first-order valence-electron chi connectivity index (χ1n) is 15.4. The molecule has 248 valence electrons. The molecule has 0 fully saturated rings. The van der Waals surface area contributed by atoms with Crippen molar-refractivity contribution in [1.82, 2.24) is 24.5 Å². The van der Waals surface area contributed by atoms with Crippen molar-refractivity contribution in [3.05, 3.63) is 94.1 Å². The number of halogens is 2. The second-order valence-electron chi connectivity index (χ2n) is 12.1. The van der Waals surface area contributed by atoms with E-state index >= 15 is 0 Å². The maximum atomic E-state index is 14.5. The van der Waals surface area contributed by atoms with Crippen molar-refractivity contribution in [3.63, 3.8) is 0 Å². The molecule has 4 heterocycles. The molecule has 19 heteroatoms. The third kappa shape index (κ3) is 8.24. The fourth-order valence-electron chi connectivity index (χ4n) is 5.70. The molecule has 0 saturated heterocycles. The molecular formula is C32H28B6ClFN6O5. The Balaban J connectivity index is 0.000000328. The van der Waals surface area contributed by atoms with Gasteiger partial charge in [0.15, 0.2) is 16.7 Å². The predicted octanol–water partition coefficient (Wildman–Crippen LogP) is 1.79. The second kappa shape index (κ2) is 15.1. The van der Waals surface area contributed by atoms with E-state index < -0.39 is 29.4 Å². The largest absolute Gasteiger partial charge is 0.488 e. The highest BCUT2D eigenvalue weighted by Gasteiger charge is 2.37. The summed E-state index contributed by atoms with van der Waals surface area (Å²) < 4.78 is 28.4. The van der Waals surface area contributed by atoms with Crippen LogP contribution in [0.2, 0.25) is 10.3 Å². The number of hydrogen-bond acceptors (Lipinski definition) is 9. The van der Waals surface area contributed by atoms with E-state index in [-0.39, 0.29) is 23.9 Å². The number of nitrogens with one attached hydrogen (secondary N) is 1. The molecule has 51 heavy (non-hydrogen) atoms. The van der Waals surface area contributed by atoms with Crippen LogP contribution in [0.3, 0.4) is 0 Å². The number of carbonyl (C=O) groups is 1. The molecule has 1 atom stereocenters. The number of aromatic nitrogens is 5. The number of carbonyl (C=O) groups excluding carboxylic acids is 1. The van der Waals surface area contributed by atoms with Gasteiger partial charge in [-0.1, -0.05) is 35.9 Å². The molecule has 2 aromatic carbocycles. The Bertz CT molecular complexity index is 2040. The average molecular weight is 696 g/mol. The van der Waals surface area contributed by atoms with E-state index in [0.717, 1.165) is 5.56 Å². The molecule has 5 aromatic rings. The molecule has 1 aliphatic rings. The number of ether oxygens (including phenoxy) is 2. The number of rotatable bonds is 7. The van der Waals surface area contributed by atoms with Crippen molar-refractivity contribution < 1.29 is 28.7 Å². The van der Waals surface area contributed by atoms with Gasteiger partial charge in [0.2, 0.25) is 0 Å². The molecular weight excluding hydrogens is 668 g/mol. The zero-order valence-corrected chi connectivity index (χ0v) is 28.7. The second-order valence-corrected chi connectivity index (χ2v) is 12.4. The van der Waals surface area contributed by atoms with Crippen LogP contribution in [-0.4, -0.2) is 94.5 Å². The number of anilines is 1. The zero-order valence-electron chi connectivity index (χ0n) is 27.9. The van der Waals surface area contributed by atoms with Gasteiger partial charge in [0.25, 0.3) is 6.47 Å². The van der Waals surface area contributed by atoms with Crippen LogP contribution < -0.4 is 15.5 Å². The standard InChI is InChI=1S/C24H19B5ClFN6O.C8H9BO4/c1-11-15-7-13(31)4-5-14(15)19-16(9-36(3)34-19)24(28,29)18-20(37(35-21(18)30)10-23(25,26)27)12-6-17(38-11)22(32-2)33-8-12;10-6-13-5-7-1-3-8(4-2-7)9(11)12/h4-9,11H,10H2,1-3H3,(H,32,33);1-4,6,11-12H,5H2/t11-;/m1./s1. The highest BCUT2D eigenvalue weighted by Crippen LogP contribution is 2.45. The quantitative estimate of drug-likeness (QED) is 0.172. The summed E-state index contributed by atoms with van der Waals surface area (Å²) in [6.45, 7) is 2.25. The molecule has 0 saturated carbocycles. The number of aryl methyl sites for hydroxylation is 1. The summed E-state index contributed by atoms with van der Waals surface area (Å²) in [7, 11) is 33.6. The average Bonchev–Trinajstić information content (AvgIpc) is 3.62. The van der Waals surface area contributed by atoms with Gasteiger partial charge >= 0.3 is 7.12 Å². The van der Waals surface area contributed by atoms with Gasteiger partial charge in [-0.3, -0.25) is 14.2 Å². The first kappa shape index (κ1) is 37.9. The minimum absolute atomic E-state index is 0.00831. The van der Waals surface area contributed by atoms with E-state index in [2.05, 4.69) is 25.2 Å². The van der Waals surface area contributed by atoms with E-state index in [1.807, 2.05) is 0 Å². The lowest BCUT2D eigenvalue weighted by molar-refractivity contribution is -0.129. The van der Waals surface area contributed by atoms with Crippen LogP contribution in [0.25, 0.3) is 22.5 Å². The third-order valence-corrected chi connectivity index (χ3v) is 8.26. The first-order chi connectivity index (χ1) is 24.0. The molecule has 0 amide bonds. The fourth-order valence-corrected chi connectivity index (χ4v) is 6.04. The number of hydrogen-bond donors (Lipinski definition) is 3. The van der Waals surface area contributed by atoms with Gasteiger partial charge in [-0.15, -0.1) is 5.11 Å². The Morgan fingerprint density at radius 3 is 2.49 bits per heavy atom. The topological polar surface area (TPSA) is 137 Å². The fraction of sp³-hybridized carbons (Fsp3) is 0.250. The van der Waals surface area contributed by atoms with Crippen LogP contribution >= 0.6 is 11.6 Å². The lowest BCUT2D eigenvalue weighted by Gasteiger charge is -2.30. The van der Waals surface area contributed by atoms with Gasteiger partial charge in [-0.05, 0) is 53.0 Å². The Morgan fingerprint density at radius 2 is 1.86 bits per heavy atom. The summed E-state index contributed by atoms with van der Waals surface area (Å²) in [5.41, 5.74) is 4.35. The Kier molecular flexibility index (Phi) is 11.2. The van der Waals surface area contributed by atoms with E-state index in [4.69, 9.17) is 65.6 Å². The van der Waals surface area contributed by atoms with Gasteiger partial charge in [0.1, 0.15) is 18.5 Å². The first-order valence-corrected chi connectivity index (χ1v) is 15.8. The Morgan fingerprint density at radius 1 is 1.16 bits per heavy atom. The molecule has 3 N–H and O–H groups in total. The molecule has 11 nitrogen and oxygen atoms in total. The molecule has 0 aliphatic carbocycles. The Labute approximate surface area is 306 Å². The van der Waals surface area contributed by atoms with Crippen LogP contribution in [-0.2, 0) is 34.9 Å². The molecule has 3 aromatic heterocycles. The lowest BCUT2D eigenvalue weighted by atomic mass is 9.42. The summed E-state index contributed by atoms with van der Waals surface area (Å²) in [6, 6.07) is 12.5. The van der Waals surface area contributed by atoms with Crippen LogP contribution in [0, 0.1) is 5.82 Å². The minimum atomic E-state index is -1.73. The number of nitrogens with zero attached hydrogens (tertiary/aromatic N) is 5. The highest BCUT2D eigenvalue weighted by atomic mass is 35.5. The molecule has 6 rings (SSSR count). The molecule has 10 radical (unpaired) electrons. The zero-order chi connectivity index (χ0) is 37.2. The van der Waals surface area contributed by atoms with E-state index in [1.165, 1.54) is 16.8 Å². The van der Waals surface area contributed by atoms with E-state index in [9.17, 15) is 9.18 Å². The molecule has 0 spiro atoms. The van der Waals surface area contributed by atoms with Crippen LogP contribution in [0.5, 0.6) is 5.75 Å². The van der Waals surface area contributed by atoms with E-state index in [1.54, 1.807) is 74.5 Å². The summed E-state index contributed by atoms with van der Waals surface area (Å²) in [5.74, 6) is 0.394. The van der Waals surface area contributed by atoms with Crippen molar-refractivity contribution in [2.24, 2.45) is 7.05 Å². The highest BCUT2D eigenvalue weighted by molar-refractivity contribution is 6.59. The summed E-state index contributed by atoms with van der Waals surface area (Å²) >= 11 is 6.70. The van der Waals surface area contributed by atoms with Crippen LogP contribution in [0.15, 0.2) is 60.9 Å². The maximum absolute atomic E-state index is 14.5. The normalized spacial score (nSPS) is 14.5. The predicted molar refractivity (Wildman–Crippen MR) is 197 cm³/mol. The number of pyridine rings is 1. The molecule has 2 bridgehead atoms. The van der Waals surface area contributed by atoms with Gasteiger partial charge in [0.05, 0.1) is 50.6 Å². The molecule has 1 aliphatic heterocycles. The summed E-state index contributed by atoms with van der Waals surface area (Å²) in [4.78, 5) is 14.4. The van der Waals surface area contributed by atoms with Crippen molar-refractivity contribution in [2.45, 2.75) is 36.5 Å². The van der Waals surface area contributed by atoms with Crippen molar-refractivity contribution in [1.29, 1.82) is 0 Å². The van der Waals surface area contributed by atoms with Crippen LogP contribution in [0.1, 0.15) is 35.3 Å². The number of benzene rings is 2. The maximum Gasteiger partial charge on any atom is 0.488 e. The number of fused-ring (bicyclic) bond motifs is 7. The molecule has 0 unspecified atom stereocenters. The Hall–Kier alpha value is -4.39. The lowest BCUT2D eigenvalue weighted by Crippen LogP contribution is -2.30. The minimum Gasteiger partial charge on any atom is -0.482 e. The summed E-state index contributed by atoms with van der Waals surface area (Å²) in [5, 5.41) is 26.2. The smallest absolute Gasteiger partial charge is 0.482 e. The van der Waals surface area contributed by atoms with Gasteiger partial charge < -0.3 is 24.8 Å². The van der Waals surface area contributed by atoms with Crippen molar-refractivity contribution in [3.8, 4) is 28.3 Å². The third-order valence-electron chi connectivity index (χ3n) is 7.99. The van der Waals surface area contributed by atoms with Gasteiger partial charge in [-0.25, -0.2) is 9.37 Å². The van der Waals surface area contributed by atoms with E-state index in [0.29, 0.717) is 57.1 Å². The van der Waals surface area contributed by atoms with Crippen molar-refractivity contribution in [2.75, 3.05) is 12.4 Å². The monoisotopic (exact) mass is 696 g/mol. The van der Waals surface area contributed by atoms with Crippen LogP contribution in [0.4, 0.5) is 10.2 Å². The SMILES string of the molecule is O=COCc1ccc(B(O)O)cc1.[B]C([B])([B])Cn1nc(Cl)c2c1-c1cnc(NC)c(c1)O[C@H](C)c1cc(F)ccc1-c1nn(C)cc1C2([B])[B]. The van der Waals surface area contributed by atoms with Crippen molar-refractivity contribution >= 4 is 75.7 Å². The van der Waals surface area contributed by atoms with Gasteiger partial charge in [-0.2, -0.15) is 10.2 Å². The summed E-state index contributed by atoms with van der Waals surface area (Å²) in [6.07, 6.45) is 2.65.